The largest absolute Gasteiger partial charge is 0.469 e. The molecule has 4 nitrogen and oxygen atoms in total. The average molecular weight is 187 g/mol. The van der Waals surface area contributed by atoms with Gasteiger partial charge in [-0.1, -0.05) is 13.8 Å². The topological polar surface area (TPSA) is 69.4 Å². The summed E-state index contributed by atoms with van der Waals surface area (Å²) in [6.07, 6.45) is 0.389. The molecular formula is C9H17NO3. The van der Waals surface area contributed by atoms with Crippen LogP contribution in [0.3, 0.4) is 0 Å². The van der Waals surface area contributed by atoms with E-state index in [2.05, 4.69) is 4.74 Å². The predicted molar refractivity (Wildman–Crippen MR) is 49.1 cm³/mol. The van der Waals surface area contributed by atoms with Crippen molar-refractivity contribution in [3.05, 3.63) is 0 Å². The Kier molecular flexibility index (Phi) is 5.30. The minimum Gasteiger partial charge on any atom is -0.469 e. The molecule has 0 fully saturated rings. The molecule has 0 spiro atoms. The van der Waals surface area contributed by atoms with Crippen LogP contribution >= 0.6 is 0 Å². The lowest BCUT2D eigenvalue weighted by molar-refractivity contribution is -0.143. The highest BCUT2D eigenvalue weighted by atomic mass is 16.5. The first-order chi connectivity index (χ1) is 5.97. The van der Waals surface area contributed by atoms with Crippen LogP contribution in [0.15, 0.2) is 0 Å². The van der Waals surface area contributed by atoms with E-state index in [0.717, 1.165) is 0 Å². The minimum atomic E-state index is -0.543. The normalized spacial score (nSPS) is 12.7. The van der Waals surface area contributed by atoms with Gasteiger partial charge in [-0.3, -0.25) is 9.59 Å². The van der Waals surface area contributed by atoms with Crippen molar-refractivity contribution in [1.29, 1.82) is 0 Å². The number of Topliss-reactive ketones (excluding diaryl/α,β-unsaturated/α-hetero) is 1. The van der Waals surface area contributed by atoms with E-state index >= 15 is 0 Å². The van der Waals surface area contributed by atoms with Crippen LogP contribution in [0.4, 0.5) is 0 Å². The van der Waals surface area contributed by atoms with Crippen LogP contribution < -0.4 is 5.73 Å². The Balaban J connectivity index is 3.89. The Hall–Kier alpha value is -0.900. The van der Waals surface area contributed by atoms with Crippen molar-refractivity contribution < 1.29 is 14.3 Å². The van der Waals surface area contributed by atoms with E-state index < -0.39 is 12.0 Å². The first-order valence-corrected chi connectivity index (χ1v) is 4.32. The molecule has 0 aromatic heterocycles. The molecule has 0 saturated heterocycles. The van der Waals surface area contributed by atoms with Crippen LogP contribution in [0.2, 0.25) is 0 Å². The number of ketones is 1. The maximum Gasteiger partial charge on any atom is 0.313 e. The molecule has 4 heteroatoms. The van der Waals surface area contributed by atoms with E-state index in [-0.39, 0.29) is 12.2 Å². The van der Waals surface area contributed by atoms with Crippen molar-refractivity contribution in [2.45, 2.75) is 32.7 Å². The quantitative estimate of drug-likeness (QED) is 0.502. The van der Waals surface area contributed by atoms with Gasteiger partial charge in [0.25, 0.3) is 0 Å². The summed E-state index contributed by atoms with van der Waals surface area (Å²) in [5, 5.41) is 0. The van der Waals surface area contributed by atoms with Crippen LogP contribution in [-0.4, -0.2) is 24.9 Å². The number of methoxy groups -OCH3 is 1. The summed E-state index contributed by atoms with van der Waals surface area (Å²) in [7, 11) is 1.25. The molecule has 0 aromatic rings. The summed E-state index contributed by atoms with van der Waals surface area (Å²) in [4.78, 5) is 21.9. The van der Waals surface area contributed by atoms with Crippen molar-refractivity contribution in [3.8, 4) is 0 Å². The van der Waals surface area contributed by atoms with Gasteiger partial charge in [0.1, 0.15) is 6.42 Å². The lowest BCUT2D eigenvalue weighted by Gasteiger charge is -2.11. The molecule has 76 valence electrons. The summed E-state index contributed by atoms with van der Waals surface area (Å²) < 4.78 is 4.36. The second-order valence-corrected chi connectivity index (χ2v) is 3.46. The highest BCUT2D eigenvalue weighted by Gasteiger charge is 2.18. The van der Waals surface area contributed by atoms with E-state index in [1.807, 2.05) is 13.8 Å². The number of esters is 1. The Labute approximate surface area is 78.4 Å². The number of hydrogen-bond acceptors (Lipinski definition) is 4. The highest BCUT2D eigenvalue weighted by molar-refractivity contribution is 5.98. The highest BCUT2D eigenvalue weighted by Crippen LogP contribution is 2.05. The van der Waals surface area contributed by atoms with Gasteiger partial charge in [-0.25, -0.2) is 0 Å². The third-order valence-corrected chi connectivity index (χ3v) is 1.69. The predicted octanol–water partition coefficient (Wildman–Crippen LogP) is 0.492. The van der Waals surface area contributed by atoms with Crippen molar-refractivity contribution in [2.24, 2.45) is 11.7 Å². The first kappa shape index (κ1) is 12.1. The summed E-state index contributed by atoms with van der Waals surface area (Å²) in [6.45, 7) is 3.95. The number of hydrogen-bond donors (Lipinski definition) is 1. The maximum atomic E-state index is 11.2. The van der Waals surface area contributed by atoms with Crippen molar-refractivity contribution in [1.82, 2.24) is 0 Å². The zero-order chi connectivity index (χ0) is 10.4. The lowest BCUT2D eigenvalue weighted by Crippen LogP contribution is -2.33. The second-order valence-electron chi connectivity index (χ2n) is 3.46. The fourth-order valence-corrected chi connectivity index (χ4v) is 0.985. The van der Waals surface area contributed by atoms with E-state index in [0.29, 0.717) is 12.3 Å². The fourth-order valence-electron chi connectivity index (χ4n) is 0.985. The average Bonchev–Trinajstić information content (AvgIpc) is 2.02. The molecule has 0 bridgehead atoms. The third kappa shape index (κ3) is 5.36. The van der Waals surface area contributed by atoms with Gasteiger partial charge in [0, 0.05) is 0 Å². The molecule has 0 aliphatic heterocycles. The summed E-state index contributed by atoms with van der Waals surface area (Å²) in [5.74, 6) is -0.415. The molecule has 0 aliphatic rings. The Morgan fingerprint density at radius 2 is 1.92 bits per heavy atom. The molecule has 0 saturated carbocycles. The summed E-state index contributed by atoms with van der Waals surface area (Å²) >= 11 is 0. The number of carbonyl (C=O) groups excluding carboxylic acids is 2. The molecule has 0 rings (SSSR count). The van der Waals surface area contributed by atoms with Gasteiger partial charge >= 0.3 is 5.97 Å². The molecule has 0 amide bonds. The Morgan fingerprint density at radius 3 is 2.31 bits per heavy atom. The number of ether oxygens (including phenoxy) is 1. The smallest absolute Gasteiger partial charge is 0.313 e. The van der Waals surface area contributed by atoms with Gasteiger partial charge in [-0.2, -0.15) is 0 Å². The number of rotatable bonds is 5. The SMILES string of the molecule is COC(=O)CC(=O)[C@@H](N)CC(C)C. The third-order valence-electron chi connectivity index (χ3n) is 1.69. The molecule has 0 aliphatic carbocycles. The van der Waals surface area contributed by atoms with Crippen LogP contribution in [0, 0.1) is 5.92 Å². The zero-order valence-electron chi connectivity index (χ0n) is 8.37. The van der Waals surface area contributed by atoms with Gasteiger partial charge in [0.15, 0.2) is 5.78 Å². The molecular weight excluding hydrogens is 170 g/mol. The van der Waals surface area contributed by atoms with Crippen LogP contribution in [0.5, 0.6) is 0 Å². The monoisotopic (exact) mass is 187 g/mol. The maximum absolute atomic E-state index is 11.2. The van der Waals surface area contributed by atoms with Gasteiger partial charge in [-0.05, 0) is 12.3 Å². The number of carbonyl (C=O) groups is 2. The summed E-state index contributed by atoms with van der Waals surface area (Å²) in [5.41, 5.74) is 5.56. The van der Waals surface area contributed by atoms with E-state index in [4.69, 9.17) is 5.73 Å². The van der Waals surface area contributed by atoms with Crippen LogP contribution in [-0.2, 0) is 14.3 Å². The molecule has 0 unspecified atom stereocenters. The van der Waals surface area contributed by atoms with Crippen LogP contribution in [0.25, 0.3) is 0 Å². The molecule has 0 radical (unpaired) electrons. The first-order valence-electron chi connectivity index (χ1n) is 4.32. The van der Waals surface area contributed by atoms with Gasteiger partial charge < -0.3 is 10.5 Å². The van der Waals surface area contributed by atoms with Crippen molar-refractivity contribution >= 4 is 11.8 Å². The molecule has 0 heterocycles. The van der Waals surface area contributed by atoms with Crippen LogP contribution in [0.1, 0.15) is 26.7 Å². The molecule has 2 N–H and O–H groups in total. The second kappa shape index (κ2) is 5.70. The van der Waals surface area contributed by atoms with Crippen molar-refractivity contribution in [3.63, 3.8) is 0 Å². The minimum absolute atomic E-state index is 0.218. The Morgan fingerprint density at radius 1 is 1.38 bits per heavy atom. The van der Waals surface area contributed by atoms with Gasteiger partial charge in [0.2, 0.25) is 0 Å². The molecule has 1 atom stereocenters. The summed E-state index contributed by atoms with van der Waals surface area (Å²) in [6, 6.07) is -0.543. The Bertz CT molecular complexity index is 189. The van der Waals surface area contributed by atoms with E-state index in [9.17, 15) is 9.59 Å². The zero-order valence-corrected chi connectivity index (χ0v) is 8.37. The molecule has 13 heavy (non-hydrogen) atoms. The standard InChI is InChI=1S/C9H17NO3/c1-6(2)4-7(10)8(11)5-9(12)13-3/h6-7H,4-5,10H2,1-3H3/t7-/m0/s1. The van der Waals surface area contributed by atoms with E-state index in [1.165, 1.54) is 7.11 Å². The lowest BCUT2D eigenvalue weighted by atomic mass is 10.00. The van der Waals surface area contributed by atoms with E-state index in [1.54, 1.807) is 0 Å². The fraction of sp³-hybridized carbons (Fsp3) is 0.778. The number of nitrogens with two attached hydrogens (primary N) is 1. The van der Waals surface area contributed by atoms with Crippen molar-refractivity contribution in [2.75, 3.05) is 7.11 Å². The van der Waals surface area contributed by atoms with Gasteiger partial charge in [0.05, 0.1) is 13.2 Å². The molecule has 0 aromatic carbocycles. The van der Waals surface area contributed by atoms with Gasteiger partial charge in [-0.15, -0.1) is 0 Å².